The van der Waals surface area contributed by atoms with Crippen LogP contribution in [-0.4, -0.2) is 39.6 Å². The van der Waals surface area contributed by atoms with E-state index in [1.54, 1.807) is 12.5 Å². The highest BCUT2D eigenvalue weighted by atomic mass is 16.5. The third-order valence-electron chi connectivity index (χ3n) is 7.69. The van der Waals surface area contributed by atoms with Gasteiger partial charge in [-0.25, -0.2) is 4.98 Å². The first-order valence-electron chi connectivity index (χ1n) is 12.3. The molecule has 2 unspecified atom stereocenters. The number of piperidine rings is 1. The summed E-state index contributed by atoms with van der Waals surface area (Å²) in [7, 11) is 0. The normalized spacial score (nSPS) is 24.8. The van der Waals surface area contributed by atoms with Crippen LogP contribution in [0.1, 0.15) is 57.7 Å². The summed E-state index contributed by atoms with van der Waals surface area (Å²) in [6, 6.07) is 8.09. The number of carbonyl (C=O) groups is 1. The molecule has 1 aromatic heterocycles. The topological polar surface area (TPSA) is 64.4 Å². The zero-order chi connectivity index (χ0) is 23.1. The van der Waals surface area contributed by atoms with Crippen LogP contribution in [0.15, 0.2) is 53.0 Å². The lowest BCUT2D eigenvalue weighted by molar-refractivity contribution is -0.142. The summed E-state index contributed by atoms with van der Waals surface area (Å²) in [5.74, 6) is 0.821. The molecule has 1 aliphatic heterocycles. The number of carbonyl (C=O) groups excluding carboxylic acids is 1. The number of nitrogens with zero attached hydrogens (tertiary/aromatic N) is 3. The van der Waals surface area contributed by atoms with Crippen molar-refractivity contribution < 1.29 is 9.53 Å². The average Bonchev–Trinajstić information content (AvgIpc) is 2.77. The predicted octanol–water partition coefficient (Wildman–Crippen LogP) is 4.40. The van der Waals surface area contributed by atoms with E-state index < -0.39 is 5.97 Å². The van der Waals surface area contributed by atoms with E-state index in [1.165, 1.54) is 24.8 Å². The highest BCUT2D eigenvalue weighted by Crippen LogP contribution is 2.61. The first-order valence-corrected chi connectivity index (χ1v) is 12.3. The quantitative estimate of drug-likeness (QED) is 0.465. The number of benzene rings is 1. The Labute approximate surface area is 194 Å². The molecular formula is C27H33N3O3. The number of fused-ring (bicyclic) bond motifs is 1. The number of ether oxygens (including phenoxy) is 1. The van der Waals surface area contributed by atoms with Gasteiger partial charge in [0.05, 0.1) is 24.1 Å². The molecule has 6 nitrogen and oxygen atoms in total. The SMILES string of the molecule is C=C1C2CC1C2=CN1CCCC[C@H]1C[C@H](C)n1c(=O)c(CC(=O)OCC)nc2ccccc21. The molecule has 0 spiro atoms. The van der Waals surface area contributed by atoms with Crippen molar-refractivity contribution in [1.29, 1.82) is 0 Å². The third-order valence-corrected chi connectivity index (χ3v) is 7.69. The van der Waals surface area contributed by atoms with Crippen LogP contribution in [-0.2, 0) is 16.0 Å². The maximum atomic E-state index is 13.5. The highest BCUT2D eigenvalue weighted by Gasteiger charge is 2.51. The van der Waals surface area contributed by atoms with Crippen molar-refractivity contribution in [2.45, 2.75) is 64.5 Å². The van der Waals surface area contributed by atoms with Gasteiger partial charge in [0.25, 0.3) is 5.56 Å². The van der Waals surface area contributed by atoms with Gasteiger partial charge in [0.2, 0.25) is 0 Å². The van der Waals surface area contributed by atoms with E-state index in [2.05, 4.69) is 29.6 Å². The van der Waals surface area contributed by atoms with Gasteiger partial charge in [-0.2, -0.15) is 0 Å². The number of allylic oxidation sites excluding steroid dienone is 2. The van der Waals surface area contributed by atoms with Crippen LogP contribution in [0.4, 0.5) is 0 Å². The molecule has 0 radical (unpaired) electrons. The maximum absolute atomic E-state index is 13.5. The van der Waals surface area contributed by atoms with Crippen LogP contribution >= 0.6 is 0 Å². The zero-order valence-corrected chi connectivity index (χ0v) is 19.6. The molecule has 0 amide bonds. The van der Waals surface area contributed by atoms with Crippen LogP contribution in [0, 0.1) is 11.8 Å². The molecule has 3 aliphatic carbocycles. The molecule has 4 aliphatic rings. The van der Waals surface area contributed by atoms with E-state index in [-0.39, 0.29) is 23.7 Å². The highest BCUT2D eigenvalue weighted by molar-refractivity contribution is 5.77. The van der Waals surface area contributed by atoms with Crippen molar-refractivity contribution in [3.8, 4) is 0 Å². The molecule has 1 aromatic carbocycles. The van der Waals surface area contributed by atoms with Gasteiger partial charge in [-0.1, -0.05) is 24.3 Å². The molecule has 3 saturated carbocycles. The van der Waals surface area contributed by atoms with Gasteiger partial charge < -0.3 is 14.2 Å². The van der Waals surface area contributed by atoms with Crippen molar-refractivity contribution in [3.63, 3.8) is 0 Å². The summed E-state index contributed by atoms with van der Waals surface area (Å²) in [6.45, 7) is 9.43. The molecule has 1 saturated heterocycles. The van der Waals surface area contributed by atoms with Gasteiger partial charge in [-0.3, -0.25) is 9.59 Å². The second kappa shape index (κ2) is 8.81. The Bertz CT molecular complexity index is 1170. The fourth-order valence-corrected chi connectivity index (χ4v) is 5.73. The number of hydrogen-bond acceptors (Lipinski definition) is 5. The van der Waals surface area contributed by atoms with Crippen LogP contribution in [0.3, 0.4) is 0 Å². The Balaban J connectivity index is 1.43. The fourth-order valence-electron chi connectivity index (χ4n) is 5.73. The predicted molar refractivity (Wildman–Crippen MR) is 129 cm³/mol. The summed E-state index contributed by atoms with van der Waals surface area (Å²) in [5.41, 5.74) is 4.59. The lowest BCUT2D eigenvalue weighted by Crippen LogP contribution is -2.47. The molecule has 174 valence electrons. The van der Waals surface area contributed by atoms with Gasteiger partial charge in [0, 0.05) is 30.5 Å². The first kappa shape index (κ1) is 21.9. The van der Waals surface area contributed by atoms with Crippen LogP contribution < -0.4 is 5.56 Å². The van der Waals surface area contributed by atoms with Gasteiger partial charge in [0.1, 0.15) is 5.69 Å². The number of para-hydroxylation sites is 2. The average molecular weight is 448 g/mol. The Morgan fingerprint density at radius 2 is 2.09 bits per heavy atom. The lowest BCUT2D eigenvalue weighted by atomic mass is 9.49. The van der Waals surface area contributed by atoms with Gasteiger partial charge in [0.15, 0.2) is 0 Å². The second-order valence-corrected chi connectivity index (χ2v) is 9.72. The van der Waals surface area contributed by atoms with Crippen molar-refractivity contribution in [3.05, 3.63) is 64.2 Å². The van der Waals surface area contributed by atoms with E-state index in [0.717, 1.165) is 30.4 Å². The van der Waals surface area contributed by atoms with E-state index in [1.807, 2.05) is 28.8 Å². The van der Waals surface area contributed by atoms with Gasteiger partial charge in [-0.15, -0.1) is 0 Å². The van der Waals surface area contributed by atoms with E-state index >= 15 is 0 Å². The molecule has 2 aromatic rings. The fraction of sp³-hybridized carbons (Fsp3) is 0.519. The molecule has 4 atom stereocenters. The molecule has 0 N–H and O–H groups in total. The minimum absolute atomic E-state index is 0.0127. The van der Waals surface area contributed by atoms with Crippen molar-refractivity contribution in [2.24, 2.45) is 11.8 Å². The number of hydrogen-bond donors (Lipinski definition) is 0. The maximum Gasteiger partial charge on any atom is 0.312 e. The summed E-state index contributed by atoms with van der Waals surface area (Å²) >= 11 is 0. The van der Waals surface area contributed by atoms with Crippen molar-refractivity contribution in [1.82, 2.24) is 14.5 Å². The van der Waals surface area contributed by atoms with Crippen LogP contribution in [0.2, 0.25) is 0 Å². The van der Waals surface area contributed by atoms with Gasteiger partial charge >= 0.3 is 5.97 Å². The molecule has 33 heavy (non-hydrogen) atoms. The summed E-state index contributed by atoms with van der Waals surface area (Å²) < 4.78 is 6.92. The molecule has 6 rings (SSSR count). The number of rotatable bonds is 7. The second-order valence-electron chi connectivity index (χ2n) is 9.72. The molecule has 2 bridgehead atoms. The molecule has 2 heterocycles. The van der Waals surface area contributed by atoms with Crippen molar-refractivity contribution in [2.75, 3.05) is 13.2 Å². The molecule has 6 heteroatoms. The van der Waals surface area contributed by atoms with Crippen molar-refractivity contribution >= 4 is 17.0 Å². The summed E-state index contributed by atoms with van der Waals surface area (Å²) in [5, 5.41) is 0. The zero-order valence-electron chi connectivity index (χ0n) is 19.6. The number of likely N-dealkylation sites (tertiary alicyclic amines) is 1. The van der Waals surface area contributed by atoms with Crippen LogP contribution in [0.5, 0.6) is 0 Å². The first-order chi connectivity index (χ1) is 16.0. The summed E-state index contributed by atoms with van der Waals surface area (Å²) in [6.07, 6.45) is 8.04. The minimum Gasteiger partial charge on any atom is -0.466 e. The number of aromatic nitrogens is 2. The van der Waals surface area contributed by atoms with Crippen LogP contribution in [0.25, 0.3) is 11.0 Å². The standard InChI is InChI=1S/C27H33N3O3/c1-4-33-26(31)15-24-27(32)30(25-11-6-5-10-23(25)28-24)17(2)13-19-9-7-8-12-29(19)16-22-20-14-21(22)18(20)3/h5-6,10-11,16-17,19-21H,3-4,7-9,12-15H2,1-2H3/t17-,19-,20?,21?/m0/s1. The Kier molecular flexibility index (Phi) is 5.85. The Hall–Kier alpha value is -2.89. The van der Waals surface area contributed by atoms with Gasteiger partial charge in [-0.05, 0) is 69.9 Å². The lowest BCUT2D eigenvalue weighted by Gasteiger charge is -2.56. The van der Waals surface area contributed by atoms with E-state index in [9.17, 15) is 9.59 Å². The smallest absolute Gasteiger partial charge is 0.312 e. The monoisotopic (exact) mass is 447 g/mol. The summed E-state index contributed by atoms with van der Waals surface area (Å²) in [4.78, 5) is 32.6. The minimum atomic E-state index is -0.415. The van der Waals surface area contributed by atoms with E-state index in [0.29, 0.717) is 24.5 Å². The van der Waals surface area contributed by atoms with E-state index in [4.69, 9.17) is 4.74 Å². The molecular weight excluding hydrogens is 414 g/mol. The Morgan fingerprint density at radius 3 is 2.82 bits per heavy atom. The largest absolute Gasteiger partial charge is 0.466 e. The number of esters is 1. The Morgan fingerprint density at radius 1 is 1.30 bits per heavy atom. The molecule has 4 fully saturated rings. The third kappa shape index (κ3) is 3.90.